The maximum Gasteiger partial charge on any atom is 0.268 e. The molecule has 1 fully saturated rings. The molecule has 0 N–H and O–H groups in total. The summed E-state index contributed by atoms with van der Waals surface area (Å²) in [4.78, 5) is 31.3. The first-order valence-corrected chi connectivity index (χ1v) is 9.15. The summed E-state index contributed by atoms with van der Waals surface area (Å²) in [5.74, 6) is -0.0973. The van der Waals surface area contributed by atoms with Gasteiger partial charge in [-0.05, 0) is 12.1 Å². The van der Waals surface area contributed by atoms with Crippen LogP contribution in [0.15, 0.2) is 44.1 Å². The van der Waals surface area contributed by atoms with Gasteiger partial charge >= 0.3 is 0 Å². The molecule has 2 heterocycles. The largest absolute Gasteiger partial charge is 0.337 e. The van der Waals surface area contributed by atoms with Gasteiger partial charge in [-0.2, -0.15) is 4.89 Å². The molecule has 1 aromatic carbocycles. The molecule has 1 saturated heterocycles. The van der Waals surface area contributed by atoms with Crippen LogP contribution in [0.4, 0.5) is 5.69 Å². The zero-order valence-corrected chi connectivity index (χ0v) is 15.5. The van der Waals surface area contributed by atoms with Crippen molar-refractivity contribution in [2.75, 3.05) is 32.1 Å². The topological polar surface area (TPSA) is 54.4 Å². The van der Waals surface area contributed by atoms with Crippen molar-refractivity contribution in [2.45, 2.75) is 4.90 Å². The molecular weight excluding hydrogens is 366 g/mol. The van der Waals surface area contributed by atoms with E-state index in [0.29, 0.717) is 15.8 Å². The van der Waals surface area contributed by atoms with Gasteiger partial charge in [0.2, 0.25) is 6.40 Å². The molecule has 0 radical (unpaired) electrons. The van der Waals surface area contributed by atoms with E-state index in [1.165, 1.54) is 23.1 Å². The van der Waals surface area contributed by atoms with E-state index in [1.54, 1.807) is 18.8 Å². The predicted molar refractivity (Wildman–Crippen MR) is 101 cm³/mol. The zero-order chi connectivity index (χ0) is 17.1. The van der Waals surface area contributed by atoms with E-state index in [2.05, 4.69) is 4.99 Å². The Morgan fingerprint density at radius 1 is 1.33 bits per heavy atom. The minimum atomic E-state index is -0.0973. The molecule has 24 heavy (non-hydrogen) atoms. The number of carbonyl (C=O) groups is 1. The Morgan fingerprint density at radius 2 is 2.12 bits per heavy atom. The van der Waals surface area contributed by atoms with Gasteiger partial charge in [0.25, 0.3) is 5.91 Å². The first kappa shape index (κ1) is 17.3. The van der Waals surface area contributed by atoms with Crippen LogP contribution in [0.3, 0.4) is 0 Å². The summed E-state index contributed by atoms with van der Waals surface area (Å²) in [5.41, 5.74) is 1.10. The normalized spacial score (nSPS) is 20.4. The lowest BCUT2D eigenvalue weighted by molar-refractivity contribution is -0.216. The van der Waals surface area contributed by atoms with Crippen LogP contribution in [0.5, 0.6) is 0 Å². The molecule has 3 rings (SSSR count). The number of anilines is 1. The molecule has 126 valence electrons. The average Bonchev–Trinajstić information content (AvgIpc) is 3.06. The fourth-order valence-electron chi connectivity index (χ4n) is 2.27. The Kier molecular flexibility index (Phi) is 5.44. The minimum Gasteiger partial charge on any atom is -0.337 e. The van der Waals surface area contributed by atoms with Gasteiger partial charge in [0.05, 0.1) is 17.3 Å². The van der Waals surface area contributed by atoms with E-state index >= 15 is 0 Å². The maximum atomic E-state index is 12.7. The number of benzene rings is 1. The standard InChI is InChI=1S/C15H15N3O3S3/c1-16-9-21-20-8-7-18-13(19)12(24-15(18)22)14-17(2)10-5-3-4-6-11(10)23-14/h3-6,9H,7-8H2,1-2H3/b14-12-,16-9?. The number of para-hydroxylation sites is 1. The van der Waals surface area contributed by atoms with Crippen molar-refractivity contribution in [1.82, 2.24) is 4.90 Å². The van der Waals surface area contributed by atoms with Crippen molar-refractivity contribution in [3.8, 4) is 0 Å². The molecule has 0 spiro atoms. The van der Waals surface area contributed by atoms with E-state index in [1.807, 2.05) is 36.2 Å². The molecule has 6 nitrogen and oxygen atoms in total. The number of nitrogens with zero attached hydrogens (tertiary/aromatic N) is 3. The average molecular weight is 382 g/mol. The molecule has 1 aromatic rings. The molecule has 2 aliphatic heterocycles. The molecule has 0 bridgehead atoms. The Labute approximate surface area is 153 Å². The zero-order valence-electron chi connectivity index (χ0n) is 13.1. The Hall–Kier alpha value is -1.55. The third-order valence-corrected chi connectivity index (χ3v) is 6.20. The molecule has 9 heteroatoms. The fraction of sp³-hybridized carbons (Fsp3) is 0.267. The monoisotopic (exact) mass is 381 g/mol. The molecule has 0 saturated carbocycles. The second-order valence-corrected chi connectivity index (χ2v) is 7.54. The molecule has 0 aliphatic carbocycles. The number of amides is 1. The number of hydrogen-bond donors (Lipinski definition) is 0. The fourth-order valence-corrected chi connectivity index (χ4v) is 4.91. The second-order valence-electron chi connectivity index (χ2n) is 4.87. The maximum absolute atomic E-state index is 12.7. The highest BCUT2D eigenvalue weighted by molar-refractivity contribution is 8.27. The third-order valence-electron chi connectivity index (χ3n) is 3.40. The van der Waals surface area contributed by atoms with Crippen LogP contribution in [0.1, 0.15) is 0 Å². The van der Waals surface area contributed by atoms with Crippen molar-refractivity contribution in [3.05, 3.63) is 34.2 Å². The summed E-state index contributed by atoms with van der Waals surface area (Å²) in [6.07, 6.45) is 1.19. The van der Waals surface area contributed by atoms with Gasteiger partial charge in [-0.25, -0.2) is 0 Å². The van der Waals surface area contributed by atoms with Crippen LogP contribution in [0.2, 0.25) is 0 Å². The third kappa shape index (κ3) is 3.30. The highest BCUT2D eigenvalue weighted by Crippen LogP contribution is 2.49. The van der Waals surface area contributed by atoms with E-state index in [-0.39, 0.29) is 12.5 Å². The smallest absolute Gasteiger partial charge is 0.268 e. The van der Waals surface area contributed by atoms with Crippen molar-refractivity contribution < 1.29 is 14.6 Å². The summed E-state index contributed by atoms with van der Waals surface area (Å²) >= 11 is 8.25. The number of rotatable bonds is 5. The van der Waals surface area contributed by atoms with Gasteiger partial charge < -0.3 is 9.79 Å². The first-order chi connectivity index (χ1) is 11.6. The second kappa shape index (κ2) is 7.56. The van der Waals surface area contributed by atoms with Crippen LogP contribution >= 0.6 is 35.7 Å². The molecule has 0 aromatic heterocycles. The number of fused-ring (bicyclic) bond motifs is 1. The highest BCUT2D eigenvalue weighted by atomic mass is 32.2. The molecular formula is C15H15N3O3S3. The van der Waals surface area contributed by atoms with Gasteiger partial charge in [0, 0.05) is 19.0 Å². The number of aliphatic imine (C=N–C) groups is 1. The summed E-state index contributed by atoms with van der Waals surface area (Å²) in [7, 11) is 3.53. The van der Waals surface area contributed by atoms with E-state index in [4.69, 9.17) is 22.0 Å². The summed E-state index contributed by atoms with van der Waals surface area (Å²) in [5, 5.41) is 0.909. The van der Waals surface area contributed by atoms with E-state index < -0.39 is 0 Å². The van der Waals surface area contributed by atoms with Crippen molar-refractivity contribution >= 4 is 58.1 Å². The van der Waals surface area contributed by atoms with Gasteiger partial charge in [-0.15, -0.1) is 0 Å². The molecule has 1 amide bonds. The Morgan fingerprint density at radius 3 is 2.88 bits per heavy atom. The van der Waals surface area contributed by atoms with Crippen LogP contribution in [-0.2, 0) is 14.6 Å². The van der Waals surface area contributed by atoms with Gasteiger partial charge in [-0.3, -0.25) is 14.7 Å². The molecule has 0 atom stereocenters. The number of thiocarbonyl (C=S) groups is 1. The highest BCUT2D eigenvalue weighted by Gasteiger charge is 2.37. The summed E-state index contributed by atoms with van der Waals surface area (Å²) in [6.45, 7) is 0.546. The Balaban J connectivity index is 1.72. The number of carbonyl (C=O) groups excluding carboxylic acids is 1. The van der Waals surface area contributed by atoms with Crippen molar-refractivity contribution in [1.29, 1.82) is 0 Å². The van der Waals surface area contributed by atoms with Crippen molar-refractivity contribution in [3.63, 3.8) is 0 Å². The summed E-state index contributed by atoms with van der Waals surface area (Å²) in [6, 6.07) is 8.06. The van der Waals surface area contributed by atoms with Gasteiger partial charge in [-0.1, -0.05) is 47.9 Å². The summed E-state index contributed by atoms with van der Waals surface area (Å²) < 4.78 is 0.528. The number of thioether (sulfide) groups is 2. The quantitative estimate of drug-likeness (QED) is 0.148. The minimum absolute atomic E-state index is 0.0973. The first-order valence-electron chi connectivity index (χ1n) is 7.11. The van der Waals surface area contributed by atoms with Crippen LogP contribution in [-0.4, -0.2) is 48.8 Å². The van der Waals surface area contributed by atoms with Crippen LogP contribution < -0.4 is 4.90 Å². The van der Waals surface area contributed by atoms with E-state index in [9.17, 15) is 4.79 Å². The van der Waals surface area contributed by atoms with Gasteiger partial charge in [0.1, 0.15) is 15.8 Å². The lowest BCUT2D eigenvalue weighted by Gasteiger charge is -2.15. The van der Waals surface area contributed by atoms with Crippen molar-refractivity contribution in [2.24, 2.45) is 4.99 Å². The van der Waals surface area contributed by atoms with Crippen LogP contribution in [0.25, 0.3) is 0 Å². The molecule has 2 aliphatic rings. The SMILES string of the molecule is CN=COOCCN1C(=O)/C(=C2/Sc3ccccc3N2C)SC1=S. The lowest BCUT2D eigenvalue weighted by Crippen LogP contribution is -2.32. The van der Waals surface area contributed by atoms with Gasteiger partial charge in [0.15, 0.2) is 0 Å². The lowest BCUT2D eigenvalue weighted by atomic mass is 10.3. The Bertz CT molecular complexity index is 736. The number of hydrogen-bond acceptors (Lipinski definition) is 8. The van der Waals surface area contributed by atoms with Crippen LogP contribution in [0, 0.1) is 0 Å². The van der Waals surface area contributed by atoms with E-state index in [0.717, 1.165) is 15.6 Å². The predicted octanol–water partition coefficient (Wildman–Crippen LogP) is 2.86. The molecule has 0 unspecified atom stereocenters.